The van der Waals surface area contributed by atoms with E-state index >= 15 is 0 Å². The second kappa shape index (κ2) is 10.4. The lowest BCUT2D eigenvalue weighted by Crippen LogP contribution is -2.36. The Kier molecular flexibility index (Phi) is 9.68. The predicted octanol–water partition coefficient (Wildman–Crippen LogP) is 3.07. The number of aliphatic imine (C=N–C) groups is 1. The van der Waals surface area contributed by atoms with Gasteiger partial charge in [-0.15, -0.1) is 30.6 Å². The first-order valence-corrected chi connectivity index (χ1v) is 6.16. The standard InChI is InChI=1S/C14H19F2N3O.HI/c1-4-7-18-14(17-3)19-9-11-8-10(2)5-6-12(11)20-13(15)16;/h4-6,8,13H,1,7,9H2,2-3H3,(H2,17,18,19);1H. The number of alkyl halides is 2. The van der Waals surface area contributed by atoms with Gasteiger partial charge >= 0.3 is 6.61 Å². The molecule has 1 aromatic rings. The van der Waals surface area contributed by atoms with E-state index in [-0.39, 0.29) is 29.7 Å². The van der Waals surface area contributed by atoms with Gasteiger partial charge in [-0.2, -0.15) is 8.78 Å². The van der Waals surface area contributed by atoms with Crippen molar-refractivity contribution in [1.82, 2.24) is 10.6 Å². The summed E-state index contributed by atoms with van der Waals surface area (Å²) >= 11 is 0. The summed E-state index contributed by atoms with van der Waals surface area (Å²) in [6.45, 7) is 3.54. The molecule has 0 unspecified atom stereocenters. The Balaban J connectivity index is 0.00000400. The molecule has 0 bridgehead atoms. The topological polar surface area (TPSA) is 45.7 Å². The van der Waals surface area contributed by atoms with Gasteiger partial charge in [-0.25, -0.2) is 0 Å². The van der Waals surface area contributed by atoms with E-state index in [0.717, 1.165) is 5.56 Å². The van der Waals surface area contributed by atoms with Gasteiger partial charge in [-0.05, 0) is 13.0 Å². The molecule has 118 valence electrons. The summed E-state index contributed by atoms with van der Waals surface area (Å²) in [6.07, 6.45) is 1.70. The fourth-order valence-corrected chi connectivity index (χ4v) is 1.63. The van der Waals surface area contributed by atoms with Gasteiger partial charge in [0.2, 0.25) is 0 Å². The Hall–Kier alpha value is -1.38. The molecule has 1 rings (SSSR count). The Morgan fingerprint density at radius 2 is 2.14 bits per heavy atom. The van der Waals surface area contributed by atoms with Crippen molar-refractivity contribution in [3.63, 3.8) is 0 Å². The molecule has 0 heterocycles. The van der Waals surface area contributed by atoms with Crippen LogP contribution >= 0.6 is 24.0 Å². The summed E-state index contributed by atoms with van der Waals surface area (Å²) < 4.78 is 29.2. The molecule has 0 aliphatic carbocycles. The van der Waals surface area contributed by atoms with Crippen molar-refractivity contribution in [2.75, 3.05) is 13.6 Å². The van der Waals surface area contributed by atoms with Crippen molar-refractivity contribution in [2.45, 2.75) is 20.1 Å². The molecule has 21 heavy (non-hydrogen) atoms. The summed E-state index contributed by atoms with van der Waals surface area (Å²) in [4.78, 5) is 4.01. The number of ether oxygens (including phenoxy) is 1. The van der Waals surface area contributed by atoms with Crippen LogP contribution in [0.2, 0.25) is 0 Å². The van der Waals surface area contributed by atoms with Gasteiger partial charge in [0.25, 0.3) is 0 Å². The van der Waals surface area contributed by atoms with Crippen molar-refractivity contribution in [3.05, 3.63) is 42.0 Å². The number of benzene rings is 1. The number of nitrogens with one attached hydrogen (secondary N) is 2. The number of aryl methyl sites for hydroxylation is 1. The van der Waals surface area contributed by atoms with Gasteiger partial charge in [0.05, 0.1) is 0 Å². The first-order chi connectivity index (χ1) is 9.56. The van der Waals surface area contributed by atoms with Crippen molar-refractivity contribution in [2.24, 2.45) is 4.99 Å². The Morgan fingerprint density at radius 3 is 2.71 bits per heavy atom. The first-order valence-electron chi connectivity index (χ1n) is 6.16. The van der Waals surface area contributed by atoms with Crippen LogP contribution in [-0.4, -0.2) is 26.2 Å². The van der Waals surface area contributed by atoms with Crippen LogP contribution in [0, 0.1) is 6.92 Å². The number of hydrogen-bond acceptors (Lipinski definition) is 2. The van der Waals surface area contributed by atoms with Crippen LogP contribution in [-0.2, 0) is 6.54 Å². The monoisotopic (exact) mass is 411 g/mol. The van der Waals surface area contributed by atoms with Gasteiger partial charge in [0.1, 0.15) is 5.75 Å². The van der Waals surface area contributed by atoms with E-state index in [4.69, 9.17) is 0 Å². The lowest BCUT2D eigenvalue weighted by atomic mass is 10.1. The summed E-state index contributed by atoms with van der Waals surface area (Å²) in [7, 11) is 1.63. The zero-order chi connectivity index (χ0) is 15.0. The van der Waals surface area contributed by atoms with Gasteiger partial charge in [0, 0.05) is 25.7 Å². The van der Waals surface area contributed by atoms with Crippen LogP contribution in [0.4, 0.5) is 8.78 Å². The smallest absolute Gasteiger partial charge is 0.387 e. The molecule has 0 aromatic heterocycles. The minimum Gasteiger partial charge on any atom is -0.434 e. The summed E-state index contributed by atoms with van der Waals surface area (Å²) in [5.41, 5.74) is 1.62. The van der Waals surface area contributed by atoms with Crippen molar-refractivity contribution in [3.8, 4) is 5.75 Å². The molecule has 0 saturated carbocycles. The van der Waals surface area contributed by atoms with E-state index in [1.54, 1.807) is 31.3 Å². The van der Waals surface area contributed by atoms with Gasteiger partial charge in [-0.3, -0.25) is 4.99 Å². The third-order valence-electron chi connectivity index (χ3n) is 2.52. The van der Waals surface area contributed by atoms with E-state index < -0.39 is 6.61 Å². The molecule has 7 heteroatoms. The first kappa shape index (κ1) is 19.6. The Morgan fingerprint density at radius 1 is 1.43 bits per heavy atom. The van der Waals surface area contributed by atoms with E-state index in [0.29, 0.717) is 24.6 Å². The summed E-state index contributed by atoms with van der Waals surface area (Å²) in [5, 5.41) is 6.02. The molecule has 0 spiro atoms. The minimum atomic E-state index is -2.84. The molecule has 0 radical (unpaired) electrons. The van der Waals surface area contributed by atoms with E-state index in [9.17, 15) is 8.78 Å². The molecule has 0 aliphatic rings. The highest BCUT2D eigenvalue weighted by atomic mass is 127. The zero-order valence-corrected chi connectivity index (χ0v) is 14.4. The fraction of sp³-hybridized carbons (Fsp3) is 0.357. The quantitative estimate of drug-likeness (QED) is 0.328. The normalized spacial score (nSPS) is 10.8. The molecular weight excluding hydrogens is 391 g/mol. The summed E-state index contributed by atoms with van der Waals surface area (Å²) in [5.74, 6) is 0.728. The van der Waals surface area contributed by atoms with E-state index in [1.165, 1.54) is 0 Å². The average molecular weight is 411 g/mol. The van der Waals surface area contributed by atoms with Gasteiger partial charge < -0.3 is 15.4 Å². The maximum atomic E-state index is 12.3. The van der Waals surface area contributed by atoms with Crippen LogP contribution in [0.15, 0.2) is 35.8 Å². The van der Waals surface area contributed by atoms with Crippen LogP contribution in [0.25, 0.3) is 0 Å². The largest absolute Gasteiger partial charge is 0.434 e. The molecule has 0 atom stereocenters. The third kappa shape index (κ3) is 7.26. The highest BCUT2D eigenvalue weighted by molar-refractivity contribution is 14.0. The highest BCUT2D eigenvalue weighted by Crippen LogP contribution is 2.21. The molecule has 4 nitrogen and oxygen atoms in total. The number of halogens is 3. The SMILES string of the molecule is C=CCNC(=NC)NCc1cc(C)ccc1OC(F)F.I. The number of guanidine groups is 1. The predicted molar refractivity (Wildman–Crippen MR) is 91.6 cm³/mol. The minimum absolute atomic E-state index is 0. The maximum absolute atomic E-state index is 12.3. The lowest BCUT2D eigenvalue weighted by molar-refractivity contribution is -0.0504. The Bertz CT molecular complexity index is 481. The van der Waals surface area contributed by atoms with Crippen molar-refractivity contribution in [1.29, 1.82) is 0 Å². The van der Waals surface area contributed by atoms with Crippen LogP contribution < -0.4 is 15.4 Å². The molecule has 0 fully saturated rings. The highest BCUT2D eigenvalue weighted by Gasteiger charge is 2.10. The lowest BCUT2D eigenvalue weighted by Gasteiger charge is -2.14. The average Bonchev–Trinajstić information content (AvgIpc) is 2.41. The molecule has 0 saturated heterocycles. The second-order valence-corrected chi connectivity index (χ2v) is 4.09. The van der Waals surface area contributed by atoms with Crippen LogP contribution in [0.3, 0.4) is 0 Å². The molecule has 0 amide bonds. The van der Waals surface area contributed by atoms with Gasteiger partial charge in [-0.1, -0.05) is 23.8 Å². The number of nitrogens with zero attached hydrogens (tertiary/aromatic N) is 1. The van der Waals surface area contributed by atoms with E-state index in [2.05, 4.69) is 26.9 Å². The van der Waals surface area contributed by atoms with Crippen LogP contribution in [0.1, 0.15) is 11.1 Å². The molecular formula is C14H20F2IN3O. The van der Waals surface area contributed by atoms with Crippen molar-refractivity contribution >= 4 is 29.9 Å². The molecule has 0 aliphatic heterocycles. The maximum Gasteiger partial charge on any atom is 0.387 e. The number of rotatable bonds is 6. The van der Waals surface area contributed by atoms with Crippen LogP contribution in [0.5, 0.6) is 5.75 Å². The molecule has 1 aromatic carbocycles. The fourth-order valence-electron chi connectivity index (χ4n) is 1.63. The third-order valence-corrected chi connectivity index (χ3v) is 2.52. The van der Waals surface area contributed by atoms with Crippen molar-refractivity contribution < 1.29 is 13.5 Å². The Labute approximate surface area is 140 Å². The van der Waals surface area contributed by atoms with E-state index in [1.807, 2.05) is 6.92 Å². The second-order valence-electron chi connectivity index (χ2n) is 4.09. The zero-order valence-electron chi connectivity index (χ0n) is 12.0. The number of hydrogen-bond donors (Lipinski definition) is 2. The van der Waals surface area contributed by atoms with Gasteiger partial charge in [0.15, 0.2) is 5.96 Å². The molecule has 2 N–H and O–H groups in total. The summed E-state index contributed by atoms with van der Waals surface area (Å²) in [6, 6.07) is 5.07.